The zero-order chi connectivity index (χ0) is 22.4. The second-order valence-electron chi connectivity index (χ2n) is 9.07. The topological polar surface area (TPSA) is 71.7 Å². The Labute approximate surface area is 205 Å². The van der Waals surface area contributed by atoms with Crippen LogP contribution in [0.25, 0.3) is 28.1 Å². The average Bonchev–Trinajstić information content (AvgIpc) is 3.53. The average molecular weight is 480 g/mol. The first-order valence-electron chi connectivity index (χ1n) is 11.9. The number of aromatic nitrogens is 5. The molecule has 0 unspecified atom stereocenters. The molecule has 0 radical (unpaired) electrons. The summed E-state index contributed by atoms with van der Waals surface area (Å²) in [7, 11) is 2.17. The molecule has 2 aliphatic heterocycles. The van der Waals surface area contributed by atoms with Crippen LogP contribution < -0.4 is 9.80 Å². The van der Waals surface area contributed by atoms with E-state index < -0.39 is 0 Å². The van der Waals surface area contributed by atoms with E-state index in [1.54, 1.807) is 0 Å². The van der Waals surface area contributed by atoms with Crippen molar-refractivity contribution < 1.29 is 4.74 Å². The van der Waals surface area contributed by atoms with Crippen LogP contribution in [-0.4, -0.2) is 64.0 Å². The Balaban J connectivity index is 0.00000241. The minimum absolute atomic E-state index is 0. The van der Waals surface area contributed by atoms with E-state index in [0.717, 1.165) is 84.5 Å². The van der Waals surface area contributed by atoms with Crippen molar-refractivity contribution in [1.29, 1.82) is 0 Å². The van der Waals surface area contributed by atoms with Gasteiger partial charge in [0.1, 0.15) is 23.0 Å². The van der Waals surface area contributed by atoms with Gasteiger partial charge in [-0.1, -0.05) is 12.1 Å². The van der Waals surface area contributed by atoms with Crippen LogP contribution in [0.2, 0.25) is 0 Å². The van der Waals surface area contributed by atoms with E-state index >= 15 is 0 Å². The molecule has 4 aromatic rings. The van der Waals surface area contributed by atoms with Crippen molar-refractivity contribution in [2.45, 2.75) is 38.6 Å². The molecule has 2 saturated heterocycles. The Morgan fingerprint density at radius 3 is 2.41 bits per heavy atom. The summed E-state index contributed by atoms with van der Waals surface area (Å²) < 4.78 is 7.58. The highest BCUT2D eigenvalue weighted by Crippen LogP contribution is 2.30. The second-order valence-corrected chi connectivity index (χ2v) is 9.07. The first-order valence-corrected chi connectivity index (χ1v) is 11.9. The normalized spacial score (nSPS) is 16.8. The van der Waals surface area contributed by atoms with Gasteiger partial charge in [-0.25, -0.2) is 15.0 Å². The van der Waals surface area contributed by atoms with E-state index in [1.807, 2.05) is 41.8 Å². The summed E-state index contributed by atoms with van der Waals surface area (Å²) in [6, 6.07) is 12.6. The summed E-state index contributed by atoms with van der Waals surface area (Å²) >= 11 is 0. The largest absolute Gasteiger partial charge is 0.381 e. The van der Waals surface area contributed by atoms with Gasteiger partial charge in [0.05, 0.1) is 16.7 Å². The molecule has 1 aromatic carbocycles. The first kappa shape index (κ1) is 22.8. The summed E-state index contributed by atoms with van der Waals surface area (Å²) in [6.45, 7) is 5.72. The minimum Gasteiger partial charge on any atom is -0.381 e. The van der Waals surface area contributed by atoms with Crippen LogP contribution in [0, 0.1) is 6.92 Å². The molecular weight excluding hydrogens is 450 g/mol. The molecule has 0 amide bonds. The van der Waals surface area contributed by atoms with E-state index in [4.69, 9.17) is 24.8 Å². The predicted octanol–water partition coefficient (Wildman–Crippen LogP) is 4.29. The van der Waals surface area contributed by atoms with Crippen LogP contribution in [0.1, 0.15) is 31.4 Å². The molecule has 0 aliphatic carbocycles. The summed E-state index contributed by atoms with van der Waals surface area (Å²) in [5.74, 6) is 2.09. The fourth-order valence-corrected chi connectivity index (χ4v) is 5.01. The molecule has 5 heterocycles. The fraction of sp³-hybridized carbons (Fsp3) is 0.440. The Morgan fingerprint density at radius 1 is 0.971 bits per heavy atom. The number of ether oxygens (including phenoxy) is 1. The molecule has 9 heteroatoms. The monoisotopic (exact) mass is 479 g/mol. The van der Waals surface area contributed by atoms with E-state index in [1.165, 1.54) is 12.8 Å². The number of hydrogen-bond donors (Lipinski definition) is 0. The van der Waals surface area contributed by atoms with Crippen LogP contribution in [0.15, 0.2) is 36.4 Å². The predicted molar refractivity (Wildman–Crippen MR) is 137 cm³/mol. The molecule has 2 fully saturated rings. The molecular formula is C25H30ClN7O. The Hall–Kier alpha value is -2.97. The van der Waals surface area contributed by atoms with E-state index in [0.29, 0.717) is 6.04 Å². The highest BCUT2D eigenvalue weighted by molar-refractivity contribution is 5.85. The van der Waals surface area contributed by atoms with Crippen molar-refractivity contribution in [1.82, 2.24) is 24.6 Å². The standard InChI is InChI=1S/C25H29N7O.ClH/c1-17-25(27-20-8-4-3-7-19(20)26-17)21-15-23-28-22(31-11-5-6-12-31)16-24(32(23)29-21)30(2)18-9-13-33-14-10-18;/h3-4,7-8,15-16,18H,5-6,9-14H2,1-2H3;1H. The van der Waals surface area contributed by atoms with Gasteiger partial charge < -0.3 is 14.5 Å². The lowest BCUT2D eigenvalue weighted by Gasteiger charge is -2.33. The maximum absolute atomic E-state index is 5.60. The third-order valence-corrected chi connectivity index (χ3v) is 6.91. The van der Waals surface area contributed by atoms with Gasteiger partial charge in [-0.3, -0.25) is 0 Å². The number of rotatable bonds is 4. The van der Waals surface area contributed by atoms with Gasteiger partial charge in [-0.05, 0) is 44.7 Å². The molecule has 2 aliphatic rings. The van der Waals surface area contributed by atoms with Crippen molar-refractivity contribution in [2.24, 2.45) is 0 Å². The van der Waals surface area contributed by atoms with Crippen molar-refractivity contribution in [2.75, 3.05) is 43.2 Å². The number of aryl methyl sites for hydroxylation is 1. The number of halogens is 1. The van der Waals surface area contributed by atoms with Gasteiger partial charge in [0.25, 0.3) is 0 Å². The van der Waals surface area contributed by atoms with Crippen LogP contribution in [0.3, 0.4) is 0 Å². The molecule has 178 valence electrons. The van der Waals surface area contributed by atoms with Crippen LogP contribution in [0.5, 0.6) is 0 Å². The molecule has 0 N–H and O–H groups in total. The molecule has 0 bridgehead atoms. The van der Waals surface area contributed by atoms with E-state index in [-0.39, 0.29) is 12.4 Å². The zero-order valence-corrected chi connectivity index (χ0v) is 20.5. The van der Waals surface area contributed by atoms with Crippen LogP contribution in [0.4, 0.5) is 11.6 Å². The highest BCUT2D eigenvalue weighted by Gasteiger charge is 2.25. The van der Waals surface area contributed by atoms with Gasteiger partial charge in [0, 0.05) is 51.5 Å². The second kappa shape index (κ2) is 9.35. The molecule has 6 rings (SSSR count). The first-order chi connectivity index (χ1) is 16.2. The number of benzene rings is 1. The number of anilines is 2. The molecule has 8 nitrogen and oxygen atoms in total. The molecule has 0 saturated carbocycles. The van der Waals surface area contributed by atoms with Gasteiger partial charge in [0.15, 0.2) is 5.65 Å². The maximum Gasteiger partial charge on any atom is 0.160 e. The van der Waals surface area contributed by atoms with E-state index in [9.17, 15) is 0 Å². The Kier molecular flexibility index (Phi) is 6.27. The smallest absolute Gasteiger partial charge is 0.160 e. The van der Waals surface area contributed by atoms with Gasteiger partial charge in [-0.15, -0.1) is 12.4 Å². The minimum atomic E-state index is 0. The highest BCUT2D eigenvalue weighted by atomic mass is 35.5. The van der Waals surface area contributed by atoms with Gasteiger partial charge in [0.2, 0.25) is 0 Å². The van der Waals surface area contributed by atoms with Crippen molar-refractivity contribution in [3.05, 3.63) is 42.1 Å². The summed E-state index contributed by atoms with van der Waals surface area (Å²) in [6.07, 6.45) is 4.47. The quantitative estimate of drug-likeness (QED) is 0.432. The summed E-state index contributed by atoms with van der Waals surface area (Å²) in [4.78, 5) is 19.4. The Bertz CT molecular complexity index is 1310. The number of para-hydroxylation sites is 2. The van der Waals surface area contributed by atoms with Gasteiger partial charge in [-0.2, -0.15) is 9.61 Å². The van der Waals surface area contributed by atoms with Crippen LogP contribution >= 0.6 is 12.4 Å². The zero-order valence-electron chi connectivity index (χ0n) is 19.6. The lowest BCUT2D eigenvalue weighted by atomic mass is 10.1. The van der Waals surface area contributed by atoms with Crippen molar-refractivity contribution >= 4 is 40.7 Å². The molecule has 34 heavy (non-hydrogen) atoms. The lowest BCUT2D eigenvalue weighted by Crippen LogP contribution is -2.38. The summed E-state index contributed by atoms with van der Waals surface area (Å²) in [5, 5.41) is 4.99. The molecule has 0 spiro atoms. The maximum atomic E-state index is 5.60. The number of hydrogen-bond acceptors (Lipinski definition) is 7. The van der Waals surface area contributed by atoms with Gasteiger partial charge >= 0.3 is 0 Å². The summed E-state index contributed by atoms with van der Waals surface area (Å²) in [5.41, 5.74) is 5.10. The SMILES string of the molecule is Cc1nc2ccccc2nc1-c1cc2nc(N3CCCC3)cc(N(C)C3CCOCC3)n2n1.Cl. The lowest BCUT2D eigenvalue weighted by molar-refractivity contribution is 0.0853. The third-order valence-electron chi connectivity index (χ3n) is 6.91. The number of nitrogens with zero attached hydrogens (tertiary/aromatic N) is 7. The molecule has 0 atom stereocenters. The fourth-order valence-electron chi connectivity index (χ4n) is 5.01. The van der Waals surface area contributed by atoms with Crippen molar-refractivity contribution in [3.8, 4) is 11.4 Å². The Morgan fingerprint density at radius 2 is 1.68 bits per heavy atom. The van der Waals surface area contributed by atoms with Crippen molar-refractivity contribution in [3.63, 3.8) is 0 Å². The third kappa shape index (κ3) is 4.05. The molecule has 3 aromatic heterocycles. The van der Waals surface area contributed by atoms with E-state index in [2.05, 4.69) is 22.9 Å². The number of fused-ring (bicyclic) bond motifs is 2. The van der Waals surface area contributed by atoms with Crippen LogP contribution in [-0.2, 0) is 4.74 Å².